The number of carbonyl (C=O) groups is 1. The number of nitrogens with zero attached hydrogens (tertiary/aromatic N) is 2. The molecule has 0 bridgehead atoms. The van der Waals surface area contributed by atoms with E-state index in [0.717, 1.165) is 27.0 Å². The fraction of sp³-hybridized carbons (Fsp3) is 0.286. The number of amides is 1. The highest BCUT2D eigenvalue weighted by atomic mass is 32.2. The lowest BCUT2D eigenvalue weighted by Crippen LogP contribution is -2.32. The van der Waals surface area contributed by atoms with Crippen molar-refractivity contribution in [2.75, 3.05) is 5.32 Å². The van der Waals surface area contributed by atoms with Gasteiger partial charge in [0.2, 0.25) is 5.13 Å². The van der Waals surface area contributed by atoms with E-state index in [9.17, 15) is 4.79 Å². The Bertz CT molecular complexity index is 928. The van der Waals surface area contributed by atoms with Gasteiger partial charge < -0.3 is 4.74 Å². The number of hydrogen-bond acceptors (Lipinski definition) is 6. The highest BCUT2D eigenvalue weighted by Gasteiger charge is 2.21. The van der Waals surface area contributed by atoms with Crippen molar-refractivity contribution in [3.8, 4) is 5.75 Å². The molecule has 0 aliphatic rings. The van der Waals surface area contributed by atoms with Gasteiger partial charge in [-0.1, -0.05) is 72.5 Å². The van der Waals surface area contributed by atoms with Gasteiger partial charge in [-0.15, -0.1) is 10.2 Å². The second kappa shape index (κ2) is 9.71. The number of rotatable bonds is 8. The molecule has 146 valence electrons. The third-order valence-electron chi connectivity index (χ3n) is 4.12. The van der Waals surface area contributed by atoms with E-state index < -0.39 is 6.10 Å². The molecule has 0 radical (unpaired) electrons. The number of hydrogen-bond donors (Lipinski definition) is 1. The van der Waals surface area contributed by atoms with Gasteiger partial charge in [-0.05, 0) is 43.0 Å². The van der Waals surface area contributed by atoms with Crippen LogP contribution in [0.3, 0.4) is 0 Å². The summed E-state index contributed by atoms with van der Waals surface area (Å²) in [7, 11) is 0. The van der Waals surface area contributed by atoms with Crippen LogP contribution in [-0.4, -0.2) is 22.2 Å². The fourth-order valence-corrected chi connectivity index (χ4v) is 4.24. The summed E-state index contributed by atoms with van der Waals surface area (Å²) in [5.41, 5.74) is 3.33. The standard InChI is InChI=1S/C21H23N3O2S2/c1-4-17(26-18-12-14(2)10-11-15(18)3)19(25)22-20-23-24-21(28-20)27-13-16-8-6-5-7-9-16/h5-12,17H,4,13H2,1-3H3,(H,22,23,25)/t17-/m0/s1. The number of anilines is 1. The summed E-state index contributed by atoms with van der Waals surface area (Å²) in [5.74, 6) is 1.34. The third kappa shape index (κ3) is 5.56. The highest BCUT2D eigenvalue weighted by Crippen LogP contribution is 2.28. The molecular weight excluding hydrogens is 390 g/mol. The van der Waals surface area contributed by atoms with Crippen LogP contribution in [0.1, 0.15) is 30.0 Å². The smallest absolute Gasteiger partial charge is 0.267 e. The largest absolute Gasteiger partial charge is 0.480 e. The zero-order valence-corrected chi connectivity index (χ0v) is 17.8. The van der Waals surface area contributed by atoms with Crippen LogP contribution in [-0.2, 0) is 10.5 Å². The van der Waals surface area contributed by atoms with E-state index in [-0.39, 0.29) is 5.91 Å². The van der Waals surface area contributed by atoms with Gasteiger partial charge in [-0.3, -0.25) is 10.1 Å². The minimum Gasteiger partial charge on any atom is -0.480 e. The van der Waals surface area contributed by atoms with Crippen LogP contribution in [0, 0.1) is 13.8 Å². The lowest BCUT2D eigenvalue weighted by molar-refractivity contribution is -0.122. The number of thioether (sulfide) groups is 1. The van der Waals surface area contributed by atoms with Crippen molar-refractivity contribution in [2.45, 2.75) is 43.4 Å². The molecule has 1 N–H and O–H groups in total. The number of aromatic nitrogens is 2. The molecule has 0 saturated heterocycles. The molecule has 1 amide bonds. The average molecular weight is 414 g/mol. The maximum absolute atomic E-state index is 12.6. The molecule has 0 fully saturated rings. The Hall–Kier alpha value is -2.38. The molecular formula is C21H23N3O2S2. The first-order chi connectivity index (χ1) is 13.5. The predicted octanol–water partition coefficient (Wildman–Crippen LogP) is 5.24. The maximum atomic E-state index is 12.6. The Labute approximate surface area is 173 Å². The van der Waals surface area contributed by atoms with E-state index in [1.54, 1.807) is 11.8 Å². The summed E-state index contributed by atoms with van der Waals surface area (Å²) >= 11 is 2.98. The lowest BCUT2D eigenvalue weighted by Gasteiger charge is -2.18. The SMILES string of the molecule is CC[C@H](Oc1cc(C)ccc1C)C(=O)Nc1nnc(SCc2ccccc2)s1. The second-order valence-electron chi connectivity index (χ2n) is 6.42. The van der Waals surface area contributed by atoms with Crippen molar-refractivity contribution in [3.63, 3.8) is 0 Å². The predicted molar refractivity (Wildman–Crippen MR) is 115 cm³/mol. The minimum absolute atomic E-state index is 0.209. The number of benzene rings is 2. The van der Waals surface area contributed by atoms with Crippen molar-refractivity contribution in [2.24, 2.45) is 0 Å². The Balaban J connectivity index is 1.58. The first-order valence-corrected chi connectivity index (χ1v) is 10.9. The molecule has 1 atom stereocenters. The summed E-state index contributed by atoms with van der Waals surface area (Å²) in [6.07, 6.45) is -0.0157. The van der Waals surface area contributed by atoms with Gasteiger partial charge in [-0.25, -0.2) is 0 Å². The lowest BCUT2D eigenvalue weighted by atomic mass is 10.1. The highest BCUT2D eigenvalue weighted by molar-refractivity contribution is 8.00. The van der Waals surface area contributed by atoms with Crippen molar-refractivity contribution < 1.29 is 9.53 Å². The van der Waals surface area contributed by atoms with Crippen LogP contribution in [0.25, 0.3) is 0 Å². The van der Waals surface area contributed by atoms with E-state index in [1.165, 1.54) is 16.9 Å². The van der Waals surface area contributed by atoms with Crippen molar-refractivity contribution in [1.29, 1.82) is 0 Å². The minimum atomic E-state index is -0.579. The molecule has 1 heterocycles. The van der Waals surface area contributed by atoms with Gasteiger partial charge in [0, 0.05) is 5.75 Å². The Kier molecular flexibility index (Phi) is 7.06. The first kappa shape index (κ1) is 20.4. The van der Waals surface area contributed by atoms with E-state index in [2.05, 4.69) is 27.6 Å². The summed E-state index contributed by atoms with van der Waals surface area (Å²) < 4.78 is 6.78. The van der Waals surface area contributed by atoms with E-state index in [4.69, 9.17) is 4.74 Å². The van der Waals surface area contributed by atoms with Crippen LogP contribution in [0.2, 0.25) is 0 Å². The van der Waals surface area contributed by atoms with Crippen LogP contribution in [0.15, 0.2) is 52.9 Å². The third-order valence-corrected chi connectivity index (χ3v) is 6.16. The van der Waals surface area contributed by atoms with Gasteiger partial charge in [0.1, 0.15) is 5.75 Å². The van der Waals surface area contributed by atoms with Gasteiger partial charge in [0.15, 0.2) is 10.4 Å². The molecule has 3 aromatic rings. The number of carbonyl (C=O) groups excluding carboxylic acids is 1. The Morgan fingerprint density at radius 1 is 1.18 bits per heavy atom. The summed E-state index contributed by atoms with van der Waals surface area (Å²) in [5, 5.41) is 11.6. The van der Waals surface area contributed by atoms with E-state index >= 15 is 0 Å². The molecule has 0 saturated carbocycles. The summed E-state index contributed by atoms with van der Waals surface area (Å²) in [6, 6.07) is 16.2. The molecule has 28 heavy (non-hydrogen) atoms. The molecule has 0 aliphatic heterocycles. The summed E-state index contributed by atoms with van der Waals surface area (Å²) in [6.45, 7) is 5.90. The Morgan fingerprint density at radius 2 is 1.96 bits per heavy atom. The van der Waals surface area contributed by atoms with Crippen molar-refractivity contribution in [3.05, 3.63) is 65.2 Å². The number of ether oxygens (including phenoxy) is 1. The maximum Gasteiger partial charge on any atom is 0.267 e. The topological polar surface area (TPSA) is 64.1 Å². The Morgan fingerprint density at radius 3 is 2.71 bits per heavy atom. The van der Waals surface area contributed by atoms with Gasteiger partial charge >= 0.3 is 0 Å². The second-order valence-corrected chi connectivity index (χ2v) is 8.62. The molecule has 7 heteroatoms. The van der Waals surface area contributed by atoms with Crippen LogP contribution < -0.4 is 10.1 Å². The zero-order chi connectivity index (χ0) is 19.9. The quantitative estimate of drug-likeness (QED) is 0.404. The van der Waals surface area contributed by atoms with Crippen LogP contribution in [0.4, 0.5) is 5.13 Å². The summed E-state index contributed by atoms with van der Waals surface area (Å²) in [4.78, 5) is 12.6. The zero-order valence-electron chi connectivity index (χ0n) is 16.1. The number of nitrogens with one attached hydrogen (secondary N) is 1. The van der Waals surface area contributed by atoms with Gasteiger partial charge in [0.25, 0.3) is 5.91 Å². The van der Waals surface area contributed by atoms with Crippen molar-refractivity contribution in [1.82, 2.24) is 10.2 Å². The van der Waals surface area contributed by atoms with Crippen molar-refractivity contribution >= 4 is 34.1 Å². The van der Waals surface area contributed by atoms with Gasteiger partial charge in [-0.2, -0.15) is 0 Å². The molecule has 0 spiro atoms. The molecule has 0 aliphatic carbocycles. The van der Waals surface area contributed by atoms with E-state index in [1.807, 2.05) is 57.2 Å². The first-order valence-electron chi connectivity index (χ1n) is 9.10. The molecule has 5 nitrogen and oxygen atoms in total. The molecule has 0 unspecified atom stereocenters. The van der Waals surface area contributed by atoms with E-state index in [0.29, 0.717) is 11.6 Å². The molecule has 2 aromatic carbocycles. The monoisotopic (exact) mass is 413 g/mol. The van der Waals surface area contributed by atoms with Crippen LogP contribution in [0.5, 0.6) is 5.75 Å². The van der Waals surface area contributed by atoms with Crippen LogP contribution >= 0.6 is 23.1 Å². The fourth-order valence-electron chi connectivity index (χ4n) is 2.53. The number of aryl methyl sites for hydroxylation is 2. The molecule has 1 aromatic heterocycles. The van der Waals surface area contributed by atoms with Gasteiger partial charge in [0.05, 0.1) is 0 Å². The average Bonchev–Trinajstić information content (AvgIpc) is 3.15. The molecule has 3 rings (SSSR count). The normalized spacial score (nSPS) is 11.8.